The van der Waals surface area contributed by atoms with Gasteiger partial charge in [0.15, 0.2) is 0 Å². The maximum Gasteiger partial charge on any atom is 0.217 e. The van der Waals surface area contributed by atoms with E-state index in [-0.39, 0.29) is 6.10 Å². The minimum absolute atomic E-state index is 0.220. The van der Waals surface area contributed by atoms with Crippen LogP contribution in [-0.4, -0.2) is 24.3 Å². The van der Waals surface area contributed by atoms with Crippen molar-refractivity contribution in [2.75, 3.05) is 13.2 Å². The molecule has 2 heterocycles. The average Bonchev–Trinajstić information content (AvgIpc) is 2.79. The summed E-state index contributed by atoms with van der Waals surface area (Å²) in [6.45, 7) is 1.87. The quantitative estimate of drug-likeness (QED) is 0.805. The molecule has 1 unspecified atom stereocenters. The van der Waals surface area contributed by atoms with Crippen molar-refractivity contribution in [3.63, 3.8) is 0 Å². The largest absolute Gasteiger partial charge is 0.475 e. The van der Waals surface area contributed by atoms with Crippen molar-refractivity contribution in [1.82, 2.24) is 4.98 Å². The first-order valence-corrected chi connectivity index (χ1v) is 5.28. The van der Waals surface area contributed by atoms with E-state index in [4.69, 9.17) is 15.2 Å². The summed E-state index contributed by atoms with van der Waals surface area (Å²) in [4.78, 5) is 4.15. The lowest BCUT2D eigenvalue weighted by molar-refractivity contribution is 0.0660. The monoisotopic (exact) mass is 208 g/mol. The van der Waals surface area contributed by atoms with Gasteiger partial charge in [-0.2, -0.15) is 0 Å². The van der Waals surface area contributed by atoms with Crippen LogP contribution in [-0.2, 0) is 11.3 Å². The summed E-state index contributed by atoms with van der Waals surface area (Å²) in [5.74, 6) is 0.635. The Morgan fingerprint density at radius 1 is 1.60 bits per heavy atom. The fourth-order valence-corrected chi connectivity index (χ4v) is 1.66. The SMILES string of the molecule is NCc1cccnc1OCC1CCCO1. The number of hydrogen-bond donors (Lipinski definition) is 1. The van der Waals surface area contributed by atoms with Gasteiger partial charge in [-0.25, -0.2) is 4.98 Å². The summed E-state index contributed by atoms with van der Waals surface area (Å²) in [6.07, 6.45) is 4.13. The van der Waals surface area contributed by atoms with Crippen LogP contribution in [0.3, 0.4) is 0 Å². The highest BCUT2D eigenvalue weighted by atomic mass is 16.5. The number of nitrogens with zero attached hydrogens (tertiary/aromatic N) is 1. The molecular formula is C11H16N2O2. The smallest absolute Gasteiger partial charge is 0.217 e. The summed E-state index contributed by atoms with van der Waals surface area (Å²) in [7, 11) is 0. The maximum absolute atomic E-state index is 5.60. The Labute approximate surface area is 89.4 Å². The van der Waals surface area contributed by atoms with Gasteiger partial charge in [0.05, 0.1) is 6.10 Å². The topological polar surface area (TPSA) is 57.4 Å². The molecule has 1 aromatic heterocycles. The Kier molecular flexibility index (Phi) is 3.53. The van der Waals surface area contributed by atoms with Crippen LogP contribution in [0.25, 0.3) is 0 Å². The molecule has 2 N–H and O–H groups in total. The number of pyridine rings is 1. The number of aromatic nitrogens is 1. The normalized spacial score (nSPS) is 20.5. The molecule has 0 aromatic carbocycles. The zero-order valence-corrected chi connectivity index (χ0v) is 8.69. The molecule has 0 radical (unpaired) electrons. The van der Waals surface area contributed by atoms with Crippen molar-refractivity contribution in [2.45, 2.75) is 25.5 Å². The van der Waals surface area contributed by atoms with Crippen LogP contribution in [0.2, 0.25) is 0 Å². The van der Waals surface area contributed by atoms with Gasteiger partial charge in [-0.1, -0.05) is 6.07 Å². The van der Waals surface area contributed by atoms with E-state index in [0.29, 0.717) is 19.0 Å². The van der Waals surface area contributed by atoms with Crippen LogP contribution in [0.4, 0.5) is 0 Å². The predicted molar refractivity (Wildman–Crippen MR) is 56.6 cm³/mol. The fourth-order valence-electron chi connectivity index (χ4n) is 1.66. The zero-order chi connectivity index (χ0) is 10.5. The first kappa shape index (κ1) is 10.4. The molecule has 0 bridgehead atoms. The van der Waals surface area contributed by atoms with Gasteiger partial charge in [0, 0.05) is 24.9 Å². The standard InChI is InChI=1S/C11H16N2O2/c12-7-9-3-1-5-13-11(9)15-8-10-4-2-6-14-10/h1,3,5,10H,2,4,6-8,12H2. The molecule has 0 spiro atoms. The van der Waals surface area contributed by atoms with Crippen LogP contribution in [0.15, 0.2) is 18.3 Å². The minimum Gasteiger partial charge on any atom is -0.475 e. The average molecular weight is 208 g/mol. The molecule has 1 atom stereocenters. The van der Waals surface area contributed by atoms with E-state index < -0.39 is 0 Å². The summed E-state index contributed by atoms with van der Waals surface area (Å²) < 4.78 is 11.1. The molecule has 4 nitrogen and oxygen atoms in total. The highest BCUT2D eigenvalue weighted by Gasteiger charge is 2.16. The summed E-state index contributed by atoms with van der Waals surface area (Å²) >= 11 is 0. The Morgan fingerprint density at radius 2 is 2.53 bits per heavy atom. The van der Waals surface area contributed by atoms with Gasteiger partial charge < -0.3 is 15.2 Å². The van der Waals surface area contributed by atoms with Crippen LogP contribution < -0.4 is 10.5 Å². The highest BCUT2D eigenvalue weighted by molar-refractivity contribution is 5.24. The number of nitrogens with two attached hydrogens (primary N) is 1. The number of rotatable bonds is 4. The van der Waals surface area contributed by atoms with Crippen LogP contribution in [0.1, 0.15) is 18.4 Å². The van der Waals surface area contributed by atoms with E-state index in [9.17, 15) is 0 Å². The van der Waals surface area contributed by atoms with Crippen molar-refractivity contribution in [3.05, 3.63) is 23.9 Å². The van der Waals surface area contributed by atoms with Crippen LogP contribution in [0.5, 0.6) is 5.88 Å². The van der Waals surface area contributed by atoms with E-state index in [1.54, 1.807) is 6.20 Å². The molecule has 0 saturated carbocycles. The first-order valence-electron chi connectivity index (χ1n) is 5.28. The Balaban J connectivity index is 1.91. The van der Waals surface area contributed by atoms with Crippen molar-refractivity contribution in [2.24, 2.45) is 5.73 Å². The lowest BCUT2D eigenvalue weighted by Crippen LogP contribution is -2.17. The van der Waals surface area contributed by atoms with Gasteiger partial charge in [-0.15, -0.1) is 0 Å². The van der Waals surface area contributed by atoms with E-state index in [0.717, 1.165) is 25.0 Å². The molecule has 1 aliphatic rings. The molecular weight excluding hydrogens is 192 g/mol. The fraction of sp³-hybridized carbons (Fsp3) is 0.545. The van der Waals surface area contributed by atoms with Gasteiger partial charge in [-0.05, 0) is 18.9 Å². The molecule has 1 saturated heterocycles. The second-order valence-electron chi connectivity index (χ2n) is 3.62. The van der Waals surface area contributed by atoms with Crippen molar-refractivity contribution < 1.29 is 9.47 Å². The Hall–Kier alpha value is -1.13. The van der Waals surface area contributed by atoms with Gasteiger partial charge in [0.2, 0.25) is 5.88 Å². The molecule has 2 rings (SSSR count). The molecule has 15 heavy (non-hydrogen) atoms. The third-order valence-corrected chi connectivity index (χ3v) is 2.50. The summed E-state index contributed by atoms with van der Waals surface area (Å²) in [6, 6.07) is 3.79. The van der Waals surface area contributed by atoms with Gasteiger partial charge >= 0.3 is 0 Å². The lowest BCUT2D eigenvalue weighted by Gasteiger charge is -2.12. The number of ether oxygens (including phenoxy) is 2. The predicted octanol–water partition coefficient (Wildman–Crippen LogP) is 1.10. The minimum atomic E-state index is 0.220. The molecule has 0 amide bonds. The highest BCUT2D eigenvalue weighted by Crippen LogP contribution is 2.17. The van der Waals surface area contributed by atoms with Crippen molar-refractivity contribution in [3.8, 4) is 5.88 Å². The van der Waals surface area contributed by atoms with Gasteiger partial charge in [0.25, 0.3) is 0 Å². The third kappa shape index (κ3) is 2.67. The Bertz CT molecular complexity index is 311. The van der Waals surface area contributed by atoms with Gasteiger partial charge in [-0.3, -0.25) is 0 Å². The summed E-state index contributed by atoms with van der Waals surface area (Å²) in [5.41, 5.74) is 6.52. The lowest BCUT2D eigenvalue weighted by atomic mass is 10.2. The van der Waals surface area contributed by atoms with Crippen molar-refractivity contribution >= 4 is 0 Å². The first-order chi connectivity index (χ1) is 7.40. The van der Waals surface area contributed by atoms with E-state index >= 15 is 0 Å². The number of hydrogen-bond acceptors (Lipinski definition) is 4. The molecule has 1 aliphatic heterocycles. The molecule has 4 heteroatoms. The van der Waals surface area contributed by atoms with E-state index in [1.165, 1.54) is 0 Å². The second-order valence-corrected chi connectivity index (χ2v) is 3.62. The van der Waals surface area contributed by atoms with E-state index in [2.05, 4.69) is 4.98 Å². The third-order valence-electron chi connectivity index (χ3n) is 2.50. The van der Waals surface area contributed by atoms with Crippen LogP contribution in [0, 0.1) is 0 Å². The summed E-state index contributed by atoms with van der Waals surface area (Å²) in [5, 5.41) is 0. The van der Waals surface area contributed by atoms with Crippen LogP contribution >= 0.6 is 0 Å². The second kappa shape index (κ2) is 5.09. The molecule has 82 valence electrons. The molecule has 0 aliphatic carbocycles. The maximum atomic E-state index is 5.60. The Morgan fingerprint density at radius 3 is 3.27 bits per heavy atom. The molecule has 1 fully saturated rings. The van der Waals surface area contributed by atoms with E-state index in [1.807, 2.05) is 12.1 Å². The zero-order valence-electron chi connectivity index (χ0n) is 8.69. The molecule has 1 aromatic rings. The van der Waals surface area contributed by atoms with Gasteiger partial charge in [0.1, 0.15) is 6.61 Å². The van der Waals surface area contributed by atoms with Crippen molar-refractivity contribution in [1.29, 1.82) is 0 Å².